The van der Waals surface area contributed by atoms with Crippen molar-refractivity contribution >= 4 is 28.4 Å². The van der Waals surface area contributed by atoms with Crippen LogP contribution in [-0.4, -0.2) is 72.4 Å². The summed E-state index contributed by atoms with van der Waals surface area (Å²) in [5, 5.41) is 3.20. The highest BCUT2D eigenvalue weighted by Crippen LogP contribution is 2.33. The first-order chi connectivity index (χ1) is 18.2. The Hall–Kier alpha value is -3.46. The van der Waals surface area contributed by atoms with Gasteiger partial charge in [0.25, 0.3) is 5.91 Å². The van der Waals surface area contributed by atoms with Crippen molar-refractivity contribution in [2.45, 2.75) is 50.7 Å². The number of amides is 1. The van der Waals surface area contributed by atoms with Crippen LogP contribution in [0.4, 0.5) is 11.5 Å². The molecule has 0 radical (unpaired) electrons. The molecule has 9 nitrogen and oxygen atoms in total. The van der Waals surface area contributed by atoms with Gasteiger partial charge in [-0.2, -0.15) is 0 Å². The molecule has 0 atom stereocenters. The van der Waals surface area contributed by atoms with Crippen molar-refractivity contribution < 1.29 is 14.3 Å². The van der Waals surface area contributed by atoms with Gasteiger partial charge in [0.05, 0.1) is 24.8 Å². The summed E-state index contributed by atoms with van der Waals surface area (Å²) in [4.78, 5) is 31.2. The van der Waals surface area contributed by atoms with Gasteiger partial charge in [-0.15, -0.1) is 0 Å². The molecule has 3 aromatic rings. The number of nitrogens with zero attached hydrogens (tertiary/aromatic N) is 5. The first-order valence-electron chi connectivity index (χ1n) is 13.5. The van der Waals surface area contributed by atoms with Crippen molar-refractivity contribution in [3.05, 3.63) is 48.4 Å². The zero-order valence-electron chi connectivity index (χ0n) is 21.1. The predicted octanol–water partition coefficient (Wildman–Crippen LogP) is 3.58. The van der Waals surface area contributed by atoms with Gasteiger partial charge in [-0.05, 0) is 56.7 Å². The Morgan fingerprint density at radius 3 is 2.54 bits per heavy atom. The zero-order chi connectivity index (χ0) is 25.0. The molecule has 0 unspecified atom stereocenters. The van der Waals surface area contributed by atoms with Crippen LogP contribution < -0.4 is 19.9 Å². The van der Waals surface area contributed by atoms with Gasteiger partial charge in [0.1, 0.15) is 22.8 Å². The summed E-state index contributed by atoms with van der Waals surface area (Å²) in [6, 6.07) is 10.0. The van der Waals surface area contributed by atoms with Gasteiger partial charge in [-0.1, -0.05) is 6.07 Å². The van der Waals surface area contributed by atoms with Crippen molar-refractivity contribution in [1.82, 2.24) is 20.3 Å². The second kappa shape index (κ2) is 10.9. The quantitative estimate of drug-likeness (QED) is 0.547. The molecule has 1 saturated carbocycles. The topological polar surface area (TPSA) is 92.7 Å². The van der Waals surface area contributed by atoms with Crippen molar-refractivity contribution in [3.8, 4) is 5.75 Å². The van der Waals surface area contributed by atoms with E-state index in [9.17, 15) is 4.79 Å². The minimum Gasteiger partial charge on any atom is -0.488 e. The maximum atomic E-state index is 12.9. The molecule has 2 saturated heterocycles. The summed E-state index contributed by atoms with van der Waals surface area (Å²) >= 11 is 0. The lowest BCUT2D eigenvalue weighted by molar-refractivity contribution is 0.0890. The average molecular weight is 503 g/mol. The first-order valence-corrected chi connectivity index (χ1v) is 13.5. The Morgan fingerprint density at radius 1 is 0.946 bits per heavy atom. The van der Waals surface area contributed by atoms with Gasteiger partial charge in [-0.3, -0.25) is 9.78 Å². The van der Waals surface area contributed by atoms with Crippen LogP contribution in [0.3, 0.4) is 0 Å². The first kappa shape index (κ1) is 23.9. The minimum absolute atomic E-state index is 0.0786. The van der Waals surface area contributed by atoms with Gasteiger partial charge in [0.15, 0.2) is 0 Å². The fraction of sp³-hybridized carbons (Fsp3) is 0.500. The van der Waals surface area contributed by atoms with Gasteiger partial charge >= 0.3 is 0 Å². The third kappa shape index (κ3) is 5.46. The van der Waals surface area contributed by atoms with Crippen LogP contribution in [0.25, 0.3) is 11.0 Å². The van der Waals surface area contributed by atoms with Crippen LogP contribution in [0.1, 0.15) is 49.0 Å². The molecule has 2 aliphatic heterocycles. The van der Waals surface area contributed by atoms with Crippen LogP contribution in [0.2, 0.25) is 0 Å². The number of anilines is 2. The van der Waals surface area contributed by atoms with E-state index in [0.29, 0.717) is 5.69 Å². The summed E-state index contributed by atoms with van der Waals surface area (Å²) in [5.74, 6) is 1.59. The summed E-state index contributed by atoms with van der Waals surface area (Å²) in [5.41, 5.74) is 3.22. The van der Waals surface area contributed by atoms with E-state index in [0.717, 1.165) is 93.4 Å². The molecule has 1 N–H and O–H groups in total. The number of fused-ring (bicyclic) bond motifs is 1. The maximum Gasteiger partial charge on any atom is 0.270 e. The molecule has 4 heterocycles. The molecule has 1 aliphatic carbocycles. The molecule has 0 bridgehead atoms. The standard InChI is InChI=1S/C28H34N6O3/c35-28(23-4-3-5-26(32-23)34-12-1-2-13-34)31-20-6-8-22(9-7-20)37-25-19-21(33-14-16-36-17-15-33)18-24-27(25)30-11-10-29-24/h3-5,10-11,18-20,22H,1-2,6-9,12-17H2,(H,31,35). The van der Waals surface area contributed by atoms with Crippen molar-refractivity contribution in [3.63, 3.8) is 0 Å². The largest absolute Gasteiger partial charge is 0.488 e. The molecule has 9 heteroatoms. The Balaban J connectivity index is 1.08. The summed E-state index contributed by atoms with van der Waals surface area (Å²) < 4.78 is 12.0. The molecule has 1 aromatic carbocycles. The Morgan fingerprint density at radius 2 is 1.73 bits per heavy atom. The van der Waals surface area contributed by atoms with Crippen LogP contribution in [-0.2, 0) is 4.74 Å². The van der Waals surface area contributed by atoms with E-state index in [1.165, 1.54) is 12.8 Å². The number of carbonyl (C=O) groups is 1. The van der Waals surface area contributed by atoms with E-state index in [1.54, 1.807) is 18.5 Å². The van der Waals surface area contributed by atoms with E-state index in [2.05, 4.69) is 42.2 Å². The van der Waals surface area contributed by atoms with Crippen molar-refractivity contribution in [2.75, 3.05) is 49.2 Å². The average Bonchev–Trinajstić information content (AvgIpc) is 3.50. The monoisotopic (exact) mass is 502 g/mol. The fourth-order valence-electron chi connectivity index (χ4n) is 5.56. The second-order valence-electron chi connectivity index (χ2n) is 10.1. The number of benzene rings is 1. The lowest BCUT2D eigenvalue weighted by Gasteiger charge is -2.31. The maximum absolute atomic E-state index is 12.9. The van der Waals surface area contributed by atoms with Gasteiger partial charge in [0, 0.05) is 56.4 Å². The highest BCUT2D eigenvalue weighted by Gasteiger charge is 2.26. The highest BCUT2D eigenvalue weighted by atomic mass is 16.5. The zero-order valence-corrected chi connectivity index (χ0v) is 21.1. The minimum atomic E-state index is -0.0927. The number of hydrogen-bond acceptors (Lipinski definition) is 8. The molecular weight excluding hydrogens is 468 g/mol. The van der Waals surface area contributed by atoms with Crippen LogP contribution in [0.15, 0.2) is 42.7 Å². The number of ether oxygens (including phenoxy) is 2. The number of morpholine rings is 1. The smallest absolute Gasteiger partial charge is 0.270 e. The number of aromatic nitrogens is 3. The number of nitrogens with one attached hydrogen (secondary N) is 1. The number of hydrogen-bond donors (Lipinski definition) is 1. The van der Waals surface area contributed by atoms with Gasteiger partial charge < -0.3 is 24.6 Å². The van der Waals surface area contributed by atoms with E-state index < -0.39 is 0 Å². The molecule has 2 aromatic heterocycles. The molecule has 194 valence electrons. The molecule has 6 rings (SSSR count). The number of rotatable bonds is 6. The summed E-state index contributed by atoms with van der Waals surface area (Å²) in [7, 11) is 0. The molecule has 3 fully saturated rings. The van der Waals surface area contributed by atoms with Crippen LogP contribution >= 0.6 is 0 Å². The fourth-order valence-corrected chi connectivity index (χ4v) is 5.56. The van der Waals surface area contributed by atoms with Gasteiger partial charge in [-0.25, -0.2) is 9.97 Å². The number of pyridine rings is 1. The Kier molecular flexibility index (Phi) is 7.03. The summed E-state index contributed by atoms with van der Waals surface area (Å²) in [6.45, 7) is 5.18. The summed E-state index contributed by atoms with van der Waals surface area (Å²) in [6.07, 6.45) is 9.36. The molecular formula is C28H34N6O3. The van der Waals surface area contributed by atoms with Crippen LogP contribution in [0.5, 0.6) is 5.75 Å². The molecule has 0 spiro atoms. The normalized spacial score (nSPS) is 22.3. The Bertz CT molecular complexity index is 1230. The highest BCUT2D eigenvalue weighted by molar-refractivity contribution is 5.92. The molecule has 1 amide bonds. The third-order valence-corrected chi connectivity index (χ3v) is 7.60. The predicted molar refractivity (Wildman–Crippen MR) is 142 cm³/mol. The number of carbonyl (C=O) groups excluding carboxylic acids is 1. The second-order valence-corrected chi connectivity index (χ2v) is 10.1. The third-order valence-electron chi connectivity index (χ3n) is 7.60. The SMILES string of the molecule is O=C(NC1CCC(Oc2cc(N3CCOCC3)cc3nccnc23)CC1)c1cccc(N2CCCC2)n1. The molecule has 3 aliphatic rings. The van der Waals surface area contributed by atoms with E-state index in [1.807, 2.05) is 12.1 Å². The lowest BCUT2D eigenvalue weighted by atomic mass is 9.92. The Labute approximate surface area is 217 Å². The van der Waals surface area contributed by atoms with Crippen molar-refractivity contribution in [1.29, 1.82) is 0 Å². The van der Waals surface area contributed by atoms with E-state index in [4.69, 9.17) is 9.47 Å². The lowest BCUT2D eigenvalue weighted by Crippen LogP contribution is -2.40. The van der Waals surface area contributed by atoms with E-state index >= 15 is 0 Å². The van der Waals surface area contributed by atoms with E-state index in [-0.39, 0.29) is 18.1 Å². The molecule has 37 heavy (non-hydrogen) atoms. The van der Waals surface area contributed by atoms with Crippen molar-refractivity contribution in [2.24, 2.45) is 0 Å². The van der Waals surface area contributed by atoms with Gasteiger partial charge in [0.2, 0.25) is 0 Å². The van der Waals surface area contributed by atoms with Crippen LogP contribution in [0, 0.1) is 0 Å².